The Kier molecular flexibility index (Phi) is 5.20. The summed E-state index contributed by atoms with van der Waals surface area (Å²) in [6.07, 6.45) is 1.40. The van der Waals surface area contributed by atoms with E-state index in [1.807, 2.05) is 30.3 Å². The summed E-state index contributed by atoms with van der Waals surface area (Å²) in [4.78, 5) is 27.8. The predicted molar refractivity (Wildman–Crippen MR) is 95.5 cm³/mol. The molecule has 0 fully saturated rings. The second-order valence-corrected chi connectivity index (χ2v) is 5.66. The number of nitrogens with one attached hydrogen (secondary N) is 1. The van der Waals surface area contributed by atoms with Gasteiger partial charge in [0, 0.05) is 24.4 Å². The predicted octanol–water partition coefficient (Wildman–Crippen LogP) is 2.39. The molecule has 0 aliphatic carbocycles. The van der Waals surface area contributed by atoms with E-state index < -0.39 is 0 Å². The van der Waals surface area contributed by atoms with Crippen molar-refractivity contribution in [2.75, 3.05) is 6.54 Å². The zero-order valence-electron chi connectivity index (χ0n) is 13.2. The fraction of sp³-hybridized carbons (Fsp3) is 0.111. The zero-order chi connectivity index (χ0) is 17.6. The van der Waals surface area contributed by atoms with E-state index in [9.17, 15) is 9.59 Å². The monoisotopic (exact) mass is 354 g/mol. The number of rotatable bonds is 5. The number of amides is 1. The number of hydrogen-bond donors (Lipinski definition) is 1. The van der Waals surface area contributed by atoms with Gasteiger partial charge in [0.15, 0.2) is 0 Å². The normalized spacial score (nSPS) is 10.4. The van der Waals surface area contributed by atoms with Crippen LogP contribution in [-0.2, 0) is 6.54 Å². The lowest BCUT2D eigenvalue weighted by Gasteiger charge is -2.08. The molecule has 3 aromatic rings. The molecule has 7 heteroatoms. The van der Waals surface area contributed by atoms with E-state index in [1.54, 1.807) is 18.2 Å². The molecule has 1 aromatic carbocycles. The second-order valence-electron chi connectivity index (χ2n) is 5.27. The Morgan fingerprint density at radius 1 is 1.08 bits per heavy atom. The number of carbonyl (C=O) groups is 1. The number of aromatic nitrogens is 3. The van der Waals surface area contributed by atoms with E-state index in [2.05, 4.69) is 15.4 Å². The molecular weight excluding hydrogens is 340 g/mol. The van der Waals surface area contributed by atoms with Crippen molar-refractivity contribution >= 4 is 17.5 Å². The average Bonchev–Trinajstić information content (AvgIpc) is 2.64. The van der Waals surface area contributed by atoms with Gasteiger partial charge in [-0.05, 0) is 18.2 Å². The summed E-state index contributed by atoms with van der Waals surface area (Å²) in [7, 11) is 0. The lowest BCUT2D eigenvalue weighted by molar-refractivity contribution is 0.0951. The number of halogens is 1. The summed E-state index contributed by atoms with van der Waals surface area (Å²) >= 11 is 5.69. The molecule has 6 nitrogen and oxygen atoms in total. The Bertz CT molecular complexity index is 924. The third kappa shape index (κ3) is 4.30. The molecule has 3 rings (SSSR count). The molecule has 0 atom stereocenters. The smallest absolute Gasteiger partial charge is 0.266 e. The number of nitrogens with zero attached hydrogens (tertiary/aromatic N) is 3. The van der Waals surface area contributed by atoms with E-state index in [4.69, 9.17) is 11.6 Å². The standard InChI is InChI=1S/C18H15ClN4O2/c19-16-8-6-14(12-21-16)18(25)20-10-11-23-17(24)9-7-15(22-23)13-4-2-1-3-5-13/h1-9,12H,10-11H2,(H,20,25). The fourth-order valence-corrected chi connectivity index (χ4v) is 2.37. The number of benzene rings is 1. The third-order valence-electron chi connectivity index (χ3n) is 3.53. The van der Waals surface area contributed by atoms with E-state index in [0.29, 0.717) is 16.4 Å². The van der Waals surface area contributed by atoms with Crippen LogP contribution in [0, 0.1) is 0 Å². The van der Waals surface area contributed by atoms with Crippen LogP contribution in [-0.4, -0.2) is 27.2 Å². The van der Waals surface area contributed by atoms with Crippen LogP contribution >= 0.6 is 11.6 Å². The SMILES string of the molecule is O=C(NCCn1nc(-c2ccccc2)ccc1=O)c1ccc(Cl)nc1. The van der Waals surface area contributed by atoms with Gasteiger partial charge in [-0.2, -0.15) is 5.10 Å². The van der Waals surface area contributed by atoms with Crippen molar-refractivity contribution in [3.63, 3.8) is 0 Å². The molecule has 2 aromatic heterocycles. The van der Waals surface area contributed by atoms with Gasteiger partial charge in [-0.1, -0.05) is 41.9 Å². The molecule has 0 aliphatic rings. The van der Waals surface area contributed by atoms with Crippen LogP contribution in [0.1, 0.15) is 10.4 Å². The first kappa shape index (κ1) is 16.9. The summed E-state index contributed by atoms with van der Waals surface area (Å²) in [5.41, 5.74) is 1.81. The molecule has 0 spiro atoms. The average molecular weight is 355 g/mol. The van der Waals surface area contributed by atoms with Crippen LogP contribution in [0.4, 0.5) is 0 Å². The topological polar surface area (TPSA) is 76.9 Å². The van der Waals surface area contributed by atoms with Gasteiger partial charge in [0.05, 0.1) is 17.8 Å². The van der Waals surface area contributed by atoms with Crippen LogP contribution in [0.3, 0.4) is 0 Å². The summed E-state index contributed by atoms with van der Waals surface area (Å²) in [6.45, 7) is 0.541. The maximum absolute atomic E-state index is 12.0. The molecule has 126 valence electrons. The third-order valence-corrected chi connectivity index (χ3v) is 3.76. The van der Waals surface area contributed by atoms with Crippen LogP contribution in [0.2, 0.25) is 5.15 Å². The van der Waals surface area contributed by atoms with Gasteiger partial charge < -0.3 is 5.32 Å². The summed E-state index contributed by atoms with van der Waals surface area (Å²) in [6, 6.07) is 15.9. The van der Waals surface area contributed by atoms with Gasteiger partial charge in [-0.25, -0.2) is 9.67 Å². The molecule has 0 radical (unpaired) electrons. The van der Waals surface area contributed by atoms with Crippen LogP contribution in [0.5, 0.6) is 0 Å². The first-order valence-corrected chi connectivity index (χ1v) is 8.04. The van der Waals surface area contributed by atoms with E-state index in [1.165, 1.54) is 16.9 Å². The van der Waals surface area contributed by atoms with Crippen molar-refractivity contribution in [1.29, 1.82) is 0 Å². The first-order chi connectivity index (χ1) is 12.1. The van der Waals surface area contributed by atoms with Crippen molar-refractivity contribution in [3.05, 3.63) is 81.9 Å². The van der Waals surface area contributed by atoms with Gasteiger partial charge in [0.25, 0.3) is 11.5 Å². The zero-order valence-corrected chi connectivity index (χ0v) is 14.0. The molecule has 2 heterocycles. The molecule has 0 saturated heterocycles. The quantitative estimate of drug-likeness (QED) is 0.714. The van der Waals surface area contributed by atoms with Gasteiger partial charge in [-0.3, -0.25) is 9.59 Å². The highest BCUT2D eigenvalue weighted by atomic mass is 35.5. The Morgan fingerprint density at radius 3 is 2.60 bits per heavy atom. The van der Waals surface area contributed by atoms with Gasteiger partial charge in [0.2, 0.25) is 0 Å². The number of hydrogen-bond acceptors (Lipinski definition) is 4. The molecule has 0 aliphatic heterocycles. The van der Waals surface area contributed by atoms with Crippen molar-refractivity contribution in [3.8, 4) is 11.3 Å². The molecule has 1 N–H and O–H groups in total. The lowest BCUT2D eigenvalue weighted by Crippen LogP contribution is -2.32. The highest BCUT2D eigenvalue weighted by Gasteiger charge is 2.07. The van der Waals surface area contributed by atoms with Gasteiger partial charge >= 0.3 is 0 Å². The molecule has 0 saturated carbocycles. The van der Waals surface area contributed by atoms with E-state index >= 15 is 0 Å². The summed E-state index contributed by atoms with van der Waals surface area (Å²) in [5.74, 6) is -0.281. The minimum atomic E-state index is -0.281. The maximum atomic E-state index is 12.0. The van der Waals surface area contributed by atoms with Gasteiger partial charge in [0.1, 0.15) is 5.15 Å². The Morgan fingerprint density at radius 2 is 1.88 bits per heavy atom. The van der Waals surface area contributed by atoms with Crippen molar-refractivity contribution in [2.24, 2.45) is 0 Å². The fourth-order valence-electron chi connectivity index (χ4n) is 2.26. The summed E-state index contributed by atoms with van der Waals surface area (Å²) < 4.78 is 1.34. The van der Waals surface area contributed by atoms with Crippen LogP contribution < -0.4 is 10.9 Å². The van der Waals surface area contributed by atoms with E-state index in [0.717, 1.165) is 5.56 Å². The molecular formula is C18H15ClN4O2. The Labute approximate surface area is 149 Å². The highest BCUT2D eigenvalue weighted by Crippen LogP contribution is 2.13. The largest absolute Gasteiger partial charge is 0.350 e. The van der Waals surface area contributed by atoms with Crippen LogP contribution in [0.25, 0.3) is 11.3 Å². The Balaban J connectivity index is 1.66. The number of carbonyl (C=O) groups excluding carboxylic acids is 1. The van der Waals surface area contributed by atoms with Crippen molar-refractivity contribution in [2.45, 2.75) is 6.54 Å². The maximum Gasteiger partial charge on any atom is 0.266 e. The second kappa shape index (κ2) is 7.72. The highest BCUT2D eigenvalue weighted by molar-refractivity contribution is 6.29. The minimum absolute atomic E-state index is 0.220. The van der Waals surface area contributed by atoms with Crippen LogP contribution in [0.15, 0.2) is 65.6 Å². The number of pyridine rings is 1. The summed E-state index contributed by atoms with van der Waals surface area (Å²) in [5, 5.41) is 7.40. The molecule has 1 amide bonds. The van der Waals surface area contributed by atoms with E-state index in [-0.39, 0.29) is 24.6 Å². The van der Waals surface area contributed by atoms with Gasteiger partial charge in [-0.15, -0.1) is 0 Å². The molecule has 0 unspecified atom stereocenters. The Hall–Kier alpha value is -2.99. The molecule has 0 bridgehead atoms. The minimum Gasteiger partial charge on any atom is -0.350 e. The van der Waals surface area contributed by atoms with Crippen molar-refractivity contribution in [1.82, 2.24) is 20.1 Å². The lowest BCUT2D eigenvalue weighted by atomic mass is 10.1. The van der Waals surface area contributed by atoms with Crippen molar-refractivity contribution < 1.29 is 4.79 Å². The molecule has 25 heavy (non-hydrogen) atoms. The first-order valence-electron chi connectivity index (χ1n) is 7.67.